The molecule has 1 aromatic carbocycles. The van der Waals surface area contributed by atoms with Crippen molar-refractivity contribution < 1.29 is 13.2 Å². The minimum Gasteiger partial charge on any atom is -0.487 e. The van der Waals surface area contributed by atoms with Crippen LogP contribution in [0.2, 0.25) is 0 Å². The number of thiazole rings is 1. The van der Waals surface area contributed by atoms with Crippen LogP contribution in [0.1, 0.15) is 10.7 Å². The van der Waals surface area contributed by atoms with Crippen molar-refractivity contribution >= 4 is 21.2 Å². The Morgan fingerprint density at radius 3 is 2.78 bits per heavy atom. The predicted molar refractivity (Wildman–Crippen MR) is 70.7 cm³/mol. The van der Waals surface area contributed by atoms with E-state index in [1.165, 1.54) is 12.3 Å². The van der Waals surface area contributed by atoms with E-state index < -0.39 is 9.84 Å². The fourth-order valence-corrected chi connectivity index (χ4v) is 2.68. The predicted octanol–water partition coefficient (Wildman–Crippen LogP) is 2.43. The van der Waals surface area contributed by atoms with Crippen molar-refractivity contribution in [3.05, 3.63) is 40.3 Å². The molecule has 0 saturated heterocycles. The number of rotatable bonds is 4. The van der Waals surface area contributed by atoms with Crippen LogP contribution >= 0.6 is 11.3 Å². The Hall–Kier alpha value is -1.40. The molecule has 0 aliphatic carbocycles. The number of hydrogen-bond donors (Lipinski definition) is 0. The molecule has 0 N–H and O–H groups in total. The molecule has 2 rings (SSSR count). The number of sulfone groups is 1. The van der Waals surface area contributed by atoms with E-state index in [2.05, 4.69) is 4.98 Å². The summed E-state index contributed by atoms with van der Waals surface area (Å²) in [4.78, 5) is 4.53. The van der Waals surface area contributed by atoms with E-state index >= 15 is 0 Å². The third-order valence-corrected chi connectivity index (χ3v) is 4.22. The summed E-state index contributed by atoms with van der Waals surface area (Å²) in [6, 6.07) is 6.47. The van der Waals surface area contributed by atoms with Crippen molar-refractivity contribution in [1.82, 2.24) is 4.98 Å². The third-order valence-electron chi connectivity index (χ3n) is 2.29. The van der Waals surface area contributed by atoms with E-state index in [0.29, 0.717) is 12.4 Å². The topological polar surface area (TPSA) is 56.3 Å². The Labute approximate surface area is 110 Å². The lowest BCUT2D eigenvalue weighted by molar-refractivity contribution is 0.301. The molecular weight excluding hydrogens is 270 g/mol. The molecule has 0 radical (unpaired) electrons. The minimum absolute atomic E-state index is 0.259. The van der Waals surface area contributed by atoms with Gasteiger partial charge in [-0.1, -0.05) is 6.07 Å². The first kappa shape index (κ1) is 13.0. The number of hydrogen-bond acceptors (Lipinski definition) is 5. The molecular formula is C12H13NO3S2. The maximum Gasteiger partial charge on any atom is 0.175 e. The van der Waals surface area contributed by atoms with Gasteiger partial charge in [-0.2, -0.15) is 0 Å². The first-order chi connectivity index (χ1) is 8.45. The first-order valence-corrected chi connectivity index (χ1v) is 8.06. The van der Waals surface area contributed by atoms with Gasteiger partial charge in [0.05, 0.1) is 15.6 Å². The van der Waals surface area contributed by atoms with Gasteiger partial charge in [-0.05, 0) is 25.1 Å². The van der Waals surface area contributed by atoms with E-state index in [1.807, 2.05) is 12.3 Å². The zero-order valence-corrected chi connectivity index (χ0v) is 11.7. The van der Waals surface area contributed by atoms with E-state index in [1.54, 1.807) is 29.5 Å². The van der Waals surface area contributed by atoms with Crippen LogP contribution in [0.25, 0.3) is 0 Å². The second kappa shape index (κ2) is 5.07. The molecule has 0 unspecified atom stereocenters. The van der Waals surface area contributed by atoms with Crippen molar-refractivity contribution in [3.8, 4) is 5.75 Å². The number of ether oxygens (including phenoxy) is 1. The van der Waals surface area contributed by atoms with E-state index in [9.17, 15) is 8.42 Å². The lowest BCUT2D eigenvalue weighted by Gasteiger charge is -2.05. The lowest BCUT2D eigenvalue weighted by Crippen LogP contribution is -1.99. The molecule has 6 heteroatoms. The average molecular weight is 283 g/mol. The van der Waals surface area contributed by atoms with Crippen LogP contribution < -0.4 is 4.74 Å². The van der Waals surface area contributed by atoms with Gasteiger partial charge in [-0.25, -0.2) is 13.4 Å². The van der Waals surface area contributed by atoms with Crippen LogP contribution in [0, 0.1) is 6.92 Å². The van der Waals surface area contributed by atoms with Crippen LogP contribution in [0.15, 0.2) is 34.5 Å². The van der Waals surface area contributed by atoms with Gasteiger partial charge in [-0.3, -0.25) is 0 Å². The van der Waals surface area contributed by atoms with Gasteiger partial charge < -0.3 is 4.74 Å². The second-order valence-electron chi connectivity index (χ2n) is 3.89. The average Bonchev–Trinajstić information content (AvgIpc) is 2.72. The minimum atomic E-state index is -3.20. The van der Waals surface area contributed by atoms with E-state index in [4.69, 9.17) is 4.74 Å². The van der Waals surface area contributed by atoms with Crippen LogP contribution in [-0.4, -0.2) is 19.7 Å². The number of benzene rings is 1. The first-order valence-electron chi connectivity index (χ1n) is 5.29. The second-order valence-corrected chi connectivity index (χ2v) is 6.97. The Morgan fingerprint density at radius 1 is 1.39 bits per heavy atom. The Morgan fingerprint density at radius 2 is 2.17 bits per heavy atom. The summed E-state index contributed by atoms with van der Waals surface area (Å²) >= 11 is 1.56. The summed E-state index contributed by atoms with van der Waals surface area (Å²) in [5, 5.41) is 2.91. The number of aryl methyl sites for hydroxylation is 1. The molecule has 0 fully saturated rings. The van der Waals surface area contributed by atoms with Crippen LogP contribution in [0.4, 0.5) is 0 Å². The maximum atomic E-state index is 11.4. The molecule has 0 saturated carbocycles. The van der Waals surface area contributed by atoms with Gasteiger partial charge >= 0.3 is 0 Å². The Bertz CT molecular complexity index is 647. The Balaban J connectivity index is 2.11. The smallest absolute Gasteiger partial charge is 0.175 e. The molecule has 0 amide bonds. The summed E-state index contributed by atoms with van der Waals surface area (Å²) < 4.78 is 28.3. The Kier molecular flexibility index (Phi) is 3.68. The highest BCUT2D eigenvalue weighted by Crippen LogP contribution is 2.19. The molecule has 2 aromatic rings. The molecule has 18 heavy (non-hydrogen) atoms. The molecule has 0 aliphatic heterocycles. The standard InChI is InChI=1S/C12H13NO3S2/c1-9-13-10(8-17-9)7-16-11-4-3-5-12(6-11)18(2,14)15/h3-6,8H,7H2,1-2H3. The normalized spacial score (nSPS) is 11.4. The summed E-state index contributed by atoms with van der Waals surface area (Å²) in [7, 11) is -3.20. The monoisotopic (exact) mass is 283 g/mol. The third kappa shape index (κ3) is 3.30. The van der Waals surface area contributed by atoms with Gasteiger partial charge in [-0.15, -0.1) is 11.3 Å². The fraction of sp³-hybridized carbons (Fsp3) is 0.250. The van der Waals surface area contributed by atoms with Crippen LogP contribution in [-0.2, 0) is 16.4 Å². The summed E-state index contributed by atoms with van der Waals surface area (Å²) in [6.07, 6.45) is 1.18. The van der Waals surface area contributed by atoms with E-state index in [0.717, 1.165) is 10.7 Å². The summed E-state index contributed by atoms with van der Waals surface area (Å²) in [5.74, 6) is 0.531. The summed E-state index contributed by atoms with van der Waals surface area (Å²) in [6.45, 7) is 2.27. The zero-order valence-electron chi connectivity index (χ0n) is 10.1. The van der Waals surface area contributed by atoms with Gasteiger partial charge in [0.1, 0.15) is 12.4 Å². The highest BCUT2D eigenvalue weighted by atomic mass is 32.2. The summed E-state index contributed by atoms with van der Waals surface area (Å²) in [5.41, 5.74) is 0.849. The van der Waals surface area contributed by atoms with Gasteiger partial charge in [0.2, 0.25) is 0 Å². The molecule has 0 atom stereocenters. The molecule has 96 valence electrons. The van der Waals surface area contributed by atoms with Crippen molar-refractivity contribution in [2.75, 3.05) is 6.26 Å². The van der Waals surface area contributed by atoms with E-state index in [-0.39, 0.29) is 4.90 Å². The molecule has 1 heterocycles. The molecule has 0 aliphatic rings. The van der Waals surface area contributed by atoms with Crippen molar-refractivity contribution in [1.29, 1.82) is 0 Å². The highest BCUT2D eigenvalue weighted by molar-refractivity contribution is 7.90. The zero-order chi connectivity index (χ0) is 13.2. The lowest BCUT2D eigenvalue weighted by atomic mass is 10.3. The van der Waals surface area contributed by atoms with Crippen molar-refractivity contribution in [3.63, 3.8) is 0 Å². The van der Waals surface area contributed by atoms with Gasteiger partial charge in [0, 0.05) is 11.6 Å². The van der Waals surface area contributed by atoms with Gasteiger partial charge in [0.15, 0.2) is 9.84 Å². The van der Waals surface area contributed by atoms with Crippen LogP contribution in [0.3, 0.4) is 0 Å². The van der Waals surface area contributed by atoms with Crippen LogP contribution in [0.5, 0.6) is 5.75 Å². The van der Waals surface area contributed by atoms with Crippen molar-refractivity contribution in [2.45, 2.75) is 18.4 Å². The van der Waals surface area contributed by atoms with Crippen molar-refractivity contribution in [2.24, 2.45) is 0 Å². The quantitative estimate of drug-likeness (QED) is 0.864. The molecule has 4 nitrogen and oxygen atoms in total. The largest absolute Gasteiger partial charge is 0.487 e. The fourth-order valence-electron chi connectivity index (χ4n) is 1.43. The molecule has 0 spiro atoms. The SMILES string of the molecule is Cc1nc(COc2cccc(S(C)(=O)=O)c2)cs1. The molecule has 0 bridgehead atoms. The number of aromatic nitrogens is 1. The van der Waals surface area contributed by atoms with Gasteiger partial charge in [0.25, 0.3) is 0 Å². The maximum absolute atomic E-state index is 11.4. The highest BCUT2D eigenvalue weighted by Gasteiger charge is 2.08. The number of nitrogens with zero attached hydrogens (tertiary/aromatic N) is 1. The molecule has 1 aromatic heterocycles.